The second-order valence-electron chi connectivity index (χ2n) is 8.68. The summed E-state index contributed by atoms with van der Waals surface area (Å²) in [4.78, 5) is 0. The van der Waals surface area contributed by atoms with Gasteiger partial charge in [-0.15, -0.1) is 0 Å². The molecule has 0 unspecified atom stereocenters. The fourth-order valence-electron chi connectivity index (χ4n) is 5.30. The van der Waals surface area contributed by atoms with E-state index in [2.05, 4.69) is 95.1 Å². The van der Waals surface area contributed by atoms with Crippen molar-refractivity contribution in [2.75, 3.05) is 0 Å². The van der Waals surface area contributed by atoms with Crippen LogP contribution in [-0.4, -0.2) is 11.4 Å². The van der Waals surface area contributed by atoms with Crippen LogP contribution >= 0.6 is 0 Å². The number of rotatable bonds is 2. The topological polar surface area (TPSA) is 24.7 Å². The number of fused-ring (bicyclic) bond motifs is 6. The second-order valence-corrected chi connectivity index (χ2v) is 8.68. The molecule has 146 valence electrons. The summed E-state index contributed by atoms with van der Waals surface area (Å²) in [5.74, 6) is 0. The van der Waals surface area contributed by atoms with Crippen molar-refractivity contribution in [1.82, 2.24) is 0 Å². The molecule has 7 rings (SSSR count). The highest BCUT2D eigenvalue weighted by molar-refractivity contribution is 6.20. The van der Waals surface area contributed by atoms with Crippen LogP contribution in [0.5, 0.6) is 0 Å². The summed E-state index contributed by atoms with van der Waals surface area (Å²) in [7, 11) is 0. The molecule has 2 heteroatoms. The summed E-state index contributed by atoms with van der Waals surface area (Å²) in [6.07, 6.45) is 2.81. The first-order valence-corrected chi connectivity index (χ1v) is 10.9. The van der Waals surface area contributed by atoms with Crippen molar-refractivity contribution in [3.63, 3.8) is 0 Å². The molecule has 0 fully saturated rings. The lowest BCUT2D eigenvalue weighted by Gasteiger charge is -2.07. The van der Waals surface area contributed by atoms with Gasteiger partial charge in [-0.1, -0.05) is 72.8 Å². The van der Waals surface area contributed by atoms with Gasteiger partial charge >= 0.3 is 0 Å². The molecule has 4 aromatic rings. The zero-order valence-corrected chi connectivity index (χ0v) is 17.1. The SMILES string of the molecule is c1ccc2c(c1)Cc1cc(C3=NN=C(c4ccc5c(c4)-c4ccccc4C5)C3)ccc1-2. The van der Waals surface area contributed by atoms with Gasteiger partial charge in [-0.25, -0.2) is 0 Å². The van der Waals surface area contributed by atoms with Gasteiger partial charge in [0, 0.05) is 6.42 Å². The Morgan fingerprint density at radius 1 is 0.419 bits per heavy atom. The molecule has 0 N–H and O–H groups in total. The van der Waals surface area contributed by atoms with E-state index in [-0.39, 0.29) is 0 Å². The van der Waals surface area contributed by atoms with Gasteiger partial charge in [-0.05, 0) is 80.6 Å². The fourth-order valence-corrected chi connectivity index (χ4v) is 5.30. The molecule has 0 saturated carbocycles. The predicted octanol–water partition coefficient (Wildman–Crippen LogP) is 6.43. The van der Waals surface area contributed by atoms with Crippen molar-refractivity contribution >= 4 is 11.4 Å². The molecule has 0 atom stereocenters. The monoisotopic (exact) mass is 396 g/mol. The third-order valence-corrected chi connectivity index (χ3v) is 6.88. The smallest absolute Gasteiger partial charge is 0.0763 e. The number of nitrogens with zero attached hydrogens (tertiary/aromatic N) is 2. The number of hydrogen-bond donors (Lipinski definition) is 0. The Bertz CT molecular complexity index is 1460. The Hall–Kier alpha value is -3.78. The summed E-state index contributed by atoms with van der Waals surface area (Å²) in [6.45, 7) is 0. The minimum Gasteiger partial charge on any atom is -0.154 e. The van der Waals surface area contributed by atoms with E-state index in [9.17, 15) is 0 Å². The Balaban J connectivity index is 1.17. The standard InChI is InChI=1S/C29H20N2/c1-3-7-24-19(6-1)14-23-15-21(11-12-26(23)24)28-17-29(31-30-28)22-10-9-20-13-18-5-2-4-8-25(18)27(20)16-22/h1-12,15-16H,13-14,17H2. The molecule has 2 nitrogen and oxygen atoms in total. The molecule has 0 saturated heterocycles. The van der Waals surface area contributed by atoms with Crippen LogP contribution in [0.3, 0.4) is 0 Å². The Kier molecular flexibility index (Phi) is 3.48. The largest absolute Gasteiger partial charge is 0.154 e. The van der Waals surface area contributed by atoms with Crippen LogP contribution in [-0.2, 0) is 12.8 Å². The lowest BCUT2D eigenvalue weighted by Crippen LogP contribution is -2.06. The van der Waals surface area contributed by atoms with E-state index < -0.39 is 0 Å². The van der Waals surface area contributed by atoms with Gasteiger partial charge in [0.15, 0.2) is 0 Å². The van der Waals surface area contributed by atoms with Gasteiger partial charge in [0.05, 0.1) is 11.4 Å². The van der Waals surface area contributed by atoms with Crippen LogP contribution < -0.4 is 0 Å². The Morgan fingerprint density at radius 3 is 1.74 bits per heavy atom. The van der Waals surface area contributed by atoms with E-state index in [0.717, 1.165) is 30.7 Å². The third-order valence-electron chi connectivity index (χ3n) is 6.88. The second kappa shape index (κ2) is 6.36. The normalized spacial score (nSPS) is 15.1. The number of benzene rings is 4. The predicted molar refractivity (Wildman–Crippen MR) is 127 cm³/mol. The molecular weight excluding hydrogens is 376 g/mol. The summed E-state index contributed by atoms with van der Waals surface area (Å²) < 4.78 is 0. The first-order valence-electron chi connectivity index (χ1n) is 10.9. The van der Waals surface area contributed by atoms with Gasteiger partial charge < -0.3 is 0 Å². The van der Waals surface area contributed by atoms with Crippen molar-refractivity contribution in [1.29, 1.82) is 0 Å². The molecule has 0 aromatic heterocycles. The Labute approximate surface area is 181 Å². The van der Waals surface area contributed by atoms with E-state index in [1.807, 2.05) is 0 Å². The minimum atomic E-state index is 0.784. The summed E-state index contributed by atoms with van der Waals surface area (Å²) in [5, 5.41) is 9.16. The van der Waals surface area contributed by atoms with E-state index in [0.29, 0.717) is 0 Å². The van der Waals surface area contributed by atoms with Crippen LogP contribution in [0.2, 0.25) is 0 Å². The van der Waals surface area contributed by atoms with Crippen molar-refractivity contribution in [2.24, 2.45) is 10.2 Å². The van der Waals surface area contributed by atoms with E-state index in [1.54, 1.807) is 0 Å². The van der Waals surface area contributed by atoms with E-state index >= 15 is 0 Å². The molecule has 0 amide bonds. The zero-order valence-electron chi connectivity index (χ0n) is 17.1. The maximum Gasteiger partial charge on any atom is 0.0763 e. The van der Waals surface area contributed by atoms with Gasteiger partial charge in [-0.3, -0.25) is 0 Å². The van der Waals surface area contributed by atoms with Crippen molar-refractivity contribution in [2.45, 2.75) is 19.3 Å². The van der Waals surface area contributed by atoms with Gasteiger partial charge in [0.2, 0.25) is 0 Å². The van der Waals surface area contributed by atoms with E-state index in [4.69, 9.17) is 0 Å². The van der Waals surface area contributed by atoms with Crippen LogP contribution in [0.1, 0.15) is 39.8 Å². The summed E-state index contributed by atoms with van der Waals surface area (Å²) in [5.41, 5.74) is 15.6. The highest BCUT2D eigenvalue weighted by Gasteiger charge is 2.23. The summed E-state index contributed by atoms with van der Waals surface area (Å²) >= 11 is 0. The molecule has 0 spiro atoms. The molecule has 1 heterocycles. The number of hydrogen-bond acceptors (Lipinski definition) is 2. The molecule has 2 aliphatic carbocycles. The fraction of sp³-hybridized carbons (Fsp3) is 0.103. The molecule has 4 aromatic carbocycles. The average Bonchev–Trinajstić information content (AvgIpc) is 3.53. The zero-order chi connectivity index (χ0) is 20.4. The van der Waals surface area contributed by atoms with Gasteiger partial charge in [0.1, 0.15) is 0 Å². The van der Waals surface area contributed by atoms with Crippen molar-refractivity contribution in [3.8, 4) is 22.3 Å². The minimum absolute atomic E-state index is 0.784. The van der Waals surface area contributed by atoms with Crippen LogP contribution in [0, 0.1) is 0 Å². The molecule has 3 aliphatic rings. The molecule has 1 aliphatic heterocycles. The maximum absolute atomic E-state index is 4.58. The third kappa shape index (κ3) is 2.58. The highest BCUT2D eigenvalue weighted by Crippen LogP contribution is 2.38. The van der Waals surface area contributed by atoms with Crippen LogP contribution in [0.25, 0.3) is 22.3 Å². The lowest BCUT2D eigenvalue weighted by molar-refractivity contribution is 1.25. The van der Waals surface area contributed by atoms with Gasteiger partial charge in [-0.2, -0.15) is 10.2 Å². The van der Waals surface area contributed by atoms with Crippen molar-refractivity contribution < 1.29 is 0 Å². The van der Waals surface area contributed by atoms with E-state index in [1.165, 1.54) is 55.6 Å². The van der Waals surface area contributed by atoms with Gasteiger partial charge in [0.25, 0.3) is 0 Å². The van der Waals surface area contributed by atoms with Crippen LogP contribution in [0.4, 0.5) is 0 Å². The Morgan fingerprint density at radius 2 is 0.968 bits per heavy atom. The molecule has 0 bridgehead atoms. The average molecular weight is 396 g/mol. The maximum atomic E-state index is 4.58. The molecule has 0 radical (unpaired) electrons. The molecule has 31 heavy (non-hydrogen) atoms. The summed E-state index contributed by atoms with van der Waals surface area (Å²) in [6, 6.07) is 31.0. The van der Waals surface area contributed by atoms with Crippen LogP contribution in [0.15, 0.2) is 95.1 Å². The first-order chi connectivity index (χ1) is 15.3. The quantitative estimate of drug-likeness (QED) is 0.322. The van der Waals surface area contributed by atoms with Crippen molar-refractivity contribution in [3.05, 3.63) is 118 Å². The first kappa shape index (κ1) is 17.0. The molecular formula is C29H20N2. The lowest BCUT2D eigenvalue weighted by atomic mass is 9.95. The highest BCUT2D eigenvalue weighted by atomic mass is 15.2.